The van der Waals surface area contributed by atoms with Crippen molar-refractivity contribution in [1.29, 1.82) is 0 Å². The fraction of sp³-hybridized carbons (Fsp3) is 0.625. The van der Waals surface area contributed by atoms with Crippen LogP contribution in [0, 0.1) is 0 Å². The van der Waals surface area contributed by atoms with Crippen LogP contribution in [0.25, 0.3) is 0 Å². The van der Waals surface area contributed by atoms with E-state index in [1.165, 1.54) is 54.1 Å². The van der Waals surface area contributed by atoms with Gasteiger partial charge in [-0.3, -0.25) is 0 Å². The molecule has 0 spiro atoms. The molecule has 0 aliphatic heterocycles. The zero-order valence-electron chi connectivity index (χ0n) is 11.5. The van der Waals surface area contributed by atoms with E-state index in [0.717, 1.165) is 0 Å². The lowest BCUT2D eigenvalue weighted by Gasteiger charge is -2.20. The summed E-state index contributed by atoms with van der Waals surface area (Å²) in [5, 5.41) is 3.80. The minimum absolute atomic E-state index is 0.574. The van der Waals surface area contributed by atoms with Gasteiger partial charge in [0.2, 0.25) is 0 Å². The van der Waals surface area contributed by atoms with Crippen LogP contribution in [0.3, 0.4) is 0 Å². The van der Waals surface area contributed by atoms with Crippen molar-refractivity contribution in [1.82, 2.24) is 5.32 Å². The molecule has 0 bridgehead atoms. The molecule has 0 saturated heterocycles. The Morgan fingerprint density at radius 3 is 3.00 bits per heavy atom. The third kappa shape index (κ3) is 3.58. The molecule has 0 radical (unpaired) electrons. The minimum Gasteiger partial charge on any atom is -0.307 e. The van der Waals surface area contributed by atoms with Crippen LogP contribution < -0.4 is 5.32 Å². The average molecular weight is 310 g/mol. The van der Waals surface area contributed by atoms with Gasteiger partial charge in [-0.2, -0.15) is 0 Å². The average Bonchev–Trinajstić information content (AvgIpc) is 2.72. The summed E-state index contributed by atoms with van der Waals surface area (Å²) >= 11 is 3.56. The molecule has 2 rings (SSSR count). The summed E-state index contributed by atoms with van der Waals surface area (Å²) in [7, 11) is 0. The Morgan fingerprint density at radius 1 is 1.39 bits per heavy atom. The van der Waals surface area contributed by atoms with E-state index in [-0.39, 0.29) is 0 Å². The van der Waals surface area contributed by atoms with Gasteiger partial charge in [-0.15, -0.1) is 0 Å². The molecule has 0 heterocycles. The summed E-state index contributed by atoms with van der Waals surface area (Å²) in [5.74, 6) is 0. The van der Waals surface area contributed by atoms with Crippen molar-refractivity contribution in [2.24, 2.45) is 0 Å². The maximum atomic E-state index is 3.80. The lowest BCUT2D eigenvalue weighted by atomic mass is 10.1. The van der Waals surface area contributed by atoms with E-state index >= 15 is 0 Å². The Balaban J connectivity index is 1.89. The summed E-state index contributed by atoms with van der Waals surface area (Å²) in [6, 6.07) is 7.93. The molecule has 2 unspecified atom stereocenters. The zero-order chi connectivity index (χ0) is 13.0. The molecule has 18 heavy (non-hydrogen) atoms. The number of nitrogens with one attached hydrogen (secondary N) is 1. The lowest BCUT2D eigenvalue weighted by Crippen LogP contribution is -2.29. The van der Waals surface area contributed by atoms with Gasteiger partial charge in [0.1, 0.15) is 0 Å². The number of rotatable bonds is 6. The van der Waals surface area contributed by atoms with Crippen molar-refractivity contribution in [3.05, 3.63) is 33.8 Å². The Kier molecular flexibility index (Phi) is 5.25. The summed E-state index contributed by atoms with van der Waals surface area (Å²) < 4.78 is 1.21. The largest absolute Gasteiger partial charge is 0.307 e. The Morgan fingerprint density at radius 2 is 2.22 bits per heavy atom. The van der Waals surface area contributed by atoms with E-state index in [4.69, 9.17) is 0 Å². The number of unbranched alkanes of at least 4 members (excludes halogenated alkanes) is 2. The van der Waals surface area contributed by atoms with Crippen LogP contribution >= 0.6 is 15.9 Å². The van der Waals surface area contributed by atoms with Crippen molar-refractivity contribution in [3.63, 3.8) is 0 Å². The van der Waals surface area contributed by atoms with E-state index in [0.29, 0.717) is 12.1 Å². The SMILES string of the molecule is CCCCCC(C)NC1CCc2cc(Br)ccc21. The fourth-order valence-corrected chi connectivity index (χ4v) is 3.30. The van der Waals surface area contributed by atoms with Crippen LogP contribution in [0.15, 0.2) is 22.7 Å². The van der Waals surface area contributed by atoms with Gasteiger partial charge >= 0.3 is 0 Å². The third-order valence-electron chi connectivity index (χ3n) is 3.91. The summed E-state index contributed by atoms with van der Waals surface area (Å²) in [5.41, 5.74) is 3.03. The van der Waals surface area contributed by atoms with Gasteiger partial charge in [0.15, 0.2) is 0 Å². The third-order valence-corrected chi connectivity index (χ3v) is 4.40. The zero-order valence-corrected chi connectivity index (χ0v) is 13.1. The highest BCUT2D eigenvalue weighted by Crippen LogP contribution is 2.33. The molecule has 0 saturated carbocycles. The molecule has 1 aromatic rings. The van der Waals surface area contributed by atoms with Crippen molar-refractivity contribution >= 4 is 15.9 Å². The second-order valence-electron chi connectivity index (χ2n) is 5.50. The van der Waals surface area contributed by atoms with E-state index in [1.807, 2.05) is 0 Å². The van der Waals surface area contributed by atoms with Crippen molar-refractivity contribution in [2.75, 3.05) is 0 Å². The second kappa shape index (κ2) is 6.72. The maximum Gasteiger partial charge on any atom is 0.0328 e. The normalized spacial score (nSPS) is 19.8. The molecule has 1 nitrogen and oxygen atoms in total. The molecule has 100 valence electrons. The van der Waals surface area contributed by atoms with Crippen LogP contribution in [-0.4, -0.2) is 6.04 Å². The van der Waals surface area contributed by atoms with Gasteiger partial charge in [-0.1, -0.05) is 48.2 Å². The molecule has 0 amide bonds. The first kappa shape index (κ1) is 14.1. The van der Waals surface area contributed by atoms with Crippen LogP contribution in [0.4, 0.5) is 0 Å². The predicted octanol–water partition coefficient (Wildman–Crippen LogP) is 4.99. The molecule has 1 aliphatic carbocycles. The smallest absolute Gasteiger partial charge is 0.0328 e. The van der Waals surface area contributed by atoms with Gasteiger partial charge < -0.3 is 5.32 Å². The number of aryl methyl sites for hydroxylation is 1. The highest BCUT2D eigenvalue weighted by molar-refractivity contribution is 9.10. The molecule has 0 fully saturated rings. The van der Waals surface area contributed by atoms with E-state index in [2.05, 4.69) is 53.3 Å². The first-order valence-electron chi connectivity index (χ1n) is 7.25. The number of hydrogen-bond donors (Lipinski definition) is 1. The number of hydrogen-bond acceptors (Lipinski definition) is 1. The molecule has 1 aliphatic rings. The topological polar surface area (TPSA) is 12.0 Å². The van der Waals surface area contributed by atoms with Gasteiger partial charge in [0.25, 0.3) is 0 Å². The van der Waals surface area contributed by atoms with E-state index < -0.39 is 0 Å². The van der Waals surface area contributed by atoms with Gasteiger partial charge in [0.05, 0.1) is 0 Å². The van der Waals surface area contributed by atoms with Gasteiger partial charge in [-0.25, -0.2) is 0 Å². The quantitative estimate of drug-likeness (QED) is 0.730. The summed E-state index contributed by atoms with van der Waals surface area (Å²) in [6.45, 7) is 4.59. The van der Waals surface area contributed by atoms with Crippen LogP contribution in [-0.2, 0) is 6.42 Å². The predicted molar refractivity (Wildman–Crippen MR) is 81.9 cm³/mol. The number of halogens is 1. The van der Waals surface area contributed by atoms with E-state index in [9.17, 15) is 0 Å². The van der Waals surface area contributed by atoms with Crippen molar-refractivity contribution < 1.29 is 0 Å². The Hall–Kier alpha value is -0.340. The first-order chi connectivity index (χ1) is 8.70. The minimum atomic E-state index is 0.574. The molecule has 2 atom stereocenters. The highest BCUT2D eigenvalue weighted by atomic mass is 79.9. The molecule has 0 aromatic heterocycles. The Bertz CT molecular complexity index is 389. The standard InChI is InChI=1S/C16H24BrN/c1-3-4-5-6-12(2)18-16-10-7-13-11-14(17)8-9-15(13)16/h8-9,11-12,16,18H,3-7,10H2,1-2H3. The van der Waals surface area contributed by atoms with Gasteiger partial charge in [-0.05, 0) is 49.4 Å². The second-order valence-corrected chi connectivity index (χ2v) is 6.41. The molecular formula is C16H24BrN. The van der Waals surface area contributed by atoms with Gasteiger partial charge in [0, 0.05) is 16.6 Å². The highest BCUT2D eigenvalue weighted by Gasteiger charge is 2.23. The first-order valence-corrected chi connectivity index (χ1v) is 8.04. The fourth-order valence-electron chi connectivity index (χ4n) is 2.89. The van der Waals surface area contributed by atoms with E-state index in [1.54, 1.807) is 0 Å². The van der Waals surface area contributed by atoms with Crippen molar-refractivity contribution in [3.8, 4) is 0 Å². The molecular weight excluding hydrogens is 286 g/mol. The summed E-state index contributed by atoms with van der Waals surface area (Å²) in [4.78, 5) is 0. The molecule has 1 aromatic carbocycles. The monoisotopic (exact) mass is 309 g/mol. The number of fused-ring (bicyclic) bond motifs is 1. The van der Waals surface area contributed by atoms with Crippen molar-refractivity contribution in [2.45, 2.75) is 64.5 Å². The number of benzene rings is 1. The van der Waals surface area contributed by atoms with Crippen LogP contribution in [0.5, 0.6) is 0 Å². The Labute approximate surface area is 119 Å². The molecule has 2 heteroatoms. The molecule has 1 N–H and O–H groups in total. The summed E-state index contributed by atoms with van der Waals surface area (Å²) in [6.07, 6.45) is 7.80. The van der Waals surface area contributed by atoms with Crippen LogP contribution in [0.1, 0.15) is 63.1 Å². The van der Waals surface area contributed by atoms with Crippen LogP contribution in [0.2, 0.25) is 0 Å². The lowest BCUT2D eigenvalue weighted by molar-refractivity contribution is 0.421. The maximum absolute atomic E-state index is 3.80.